The number of nitrogens with two attached hydrogens (primary N) is 1. The molecule has 0 aliphatic carbocycles. The van der Waals surface area contributed by atoms with Crippen molar-refractivity contribution >= 4 is 27.7 Å². The summed E-state index contributed by atoms with van der Waals surface area (Å²) >= 11 is 0. The van der Waals surface area contributed by atoms with Gasteiger partial charge in [-0.3, -0.25) is 4.79 Å². The van der Waals surface area contributed by atoms with Gasteiger partial charge in [-0.25, -0.2) is 18.1 Å². The van der Waals surface area contributed by atoms with Crippen molar-refractivity contribution in [2.24, 2.45) is 5.73 Å². The van der Waals surface area contributed by atoms with Crippen molar-refractivity contribution in [2.75, 3.05) is 26.3 Å². The normalized spacial score (nSPS) is 15.8. The van der Waals surface area contributed by atoms with Crippen LogP contribution < -0.4 is 5.73 Å². The van der Waals surface area contributed by atoms with Crippen LogP contribution in [0.15, 0.2) is 53.7 Å². The molecule has 9 nitrogen and oxygen atoms in total. The number of aromatic nitrogens is 3. The second-order valence-electron chi connectivity index (χ2n) is 8.23. The number of carbonyl (C=O) groups is 1. The van der Waals surface area contributed by atoms with Crippen LogP contribution in [-0.2, 0) is 19.6 Å². The minimum atomic E-state index is -3.65. The van der Waals surface area contributed by atoms with Crippen LogP contribution in [0, 0.1) is 13.8 Å². The third-order valence-electron chi connectivity index (χ3n) is 5.50. The summed E-state index contributed by atoms with van der Waals surface area (Å²) < 4.78 is 34.1. The van der Waals surface area contributed by atoms with E-state index in [-0.39, 0.29) is 10.5 Å². The van der Waals surface area contributed by atoms with E-state index < -0.39 is 15.9 Å². The van der Waals surface area contributed by atoms with Gasteiger partial charge in [0, 0.05) is 31.5 Å². The summed E-state index contributed by atoms with van der Waals surface area (Å²) in [7, 11) is -3.65. The smallest absolute Gasteiger partial charge is 0.250 e. The van der Waals surface area contributed by atoms with E-state index >= 15 is 0 Å². The van der Waals surface area contributed by atoms with Crippen LogP contribution in [0.4, 0.5) is 0 Å². The summed E-state index contributed by atoms with van der Waals surface area (Å²) in [4.78, 5) is 16.7. The van der Waals surface area contributed by atoms with Crippen LogP contribution in [0.3, 0.4) is 0 Å². The molecule has 3 aromatic rings. The largest absolute Gasteiger partial charge is 0.380 e. The number of aryl methyl sites for hydroxylation is 2. The van der Waals surface area contributed by atoms with Crippen molar-refractivity contribution in [3.05, 3.63) is 65.5 Å². The first-order valence-corrected chi connectivity index (χ1v) is 12.4. The van der Waals surface area contributed by atoms with Crippen molar-refractivity contribution < 1.29 is 17.9 Å². The molecule has 1 aliphatic heterocycles. The number of rotatable bonds is 6. The quantitative estimate of drug-likeness (QED) is 0.540. The SMILES string of the molecule is Cc1cc(C)cc(-c2ncn(/C=C(/C(N)=O)c3ccc(S(=O)(=O)N4CCCOCC4)cc3)n2)c1. The Morgan fingerprint density at radius 2 is 1.76 bits per heavy atom. The lowest BCUT2D eigenvalue weighted by Crippen LogP contribution is -2.33. The molecule has 1 saturated heterocycles. The Balaban J connectivity index is 1.61. The first-order valence-electron chi connectivity index (χ1n) is 10.9. The summed E-state index contributed by atoms with van der Waals surface area (Å²) in [6, 6.07) is 12.1. The maximum atomic E-state index is 13.0. The summed E-state index contributed by atoms with van der Waals surface area (Å²) in [5.41, 5.74) is 9.36. The second kappa shape index (κ2) is 9.88. The minimum absolute atomic E-state index is 0.153. The van der Waals surface area contributed by atoms with Crippen LogP contribution in [-0.4, -0.2) is 59.7 Å². The third-order valence-corrected chi connectivity index (χ3v) is 7.41. The predicted octanol–water partition coefficient (Wildman–Crippen LogP) is 2.46. The zero-order chi connectivity index (χ0) is 24.3. The van der Waals surface area contributed by atoms with E-state index in [1.54, 1.807) is 12.1 Å². The number of amides is 1. The van der Waals surface area contributed by atoms with Crippen molar-refractivity contribution in [1.82, 2.24) is 19.1 Å². The molecule has 4 rings (SSSR count). The number of ether oxygens (including phenoxy) is 1. The molecule has 0 spiro atoms. The molecule has 1 aromatic heterocycles. The zero-order valence-electron chi connectivity index (χ0n) is 19.1. The Bertz CT molecular complexity index is 1300. The lowest BCUT2D eigenvalue weighted by atomic mass is 10.1. The number of sulfonamides is 1. The van der Waals surface area contributed by atoms with Crippen molar-refractivity contribution in [1.29, 1.82) is 0 Å². The van der Waals surface area contributed by atoms with E-state index in [2.05, 4.69) is 16.1 Å². The van der Waals surface area contributed by atoms with E-state index in [1.165, 1.54) is 33.6 Å². The maximum absolute atomic E-state index is 13.0. The molecule has 0 saturated carbocycles. The Labute approximate surface area is 198 Å². The highest BCUT2D eigenvalue weighted by molar-refractivity contribution is 7.89. The topological polar surface area (TPSA) is 120 Å². The zero-order valence-corrected chi connectivity index (χ0v) is 20.0. The highest BCUT2D eigenvalue weighted by Gasteiger charge is 2.25. The van der Waals surface area contributed by atoms with Gasteiger partial charge in [0.1, 0.15) is 6.33 Å². The number of hydrogen-bond acceptors (Lipinski definition) is 6. The highest BCUT2D eigenvalue weighted by atomic mass is 32.2. The molecule has 178 valence electrons. The van der Waals surface area contributed by atoms with Gasteiger partial charge in [-0.15, -0.1) is 5.10 Å². The van der Waals surface area contributed by atoms with Crippen molar-refractivity contribution in [3.8, 4) is 11.4 Å². The molecule has 2 heterocycles. The molecule has 2 N–H and O–H groups in total. The molecule has 2 aromatic carbocycles. The van der Waals surface area contributed by atoms with Gasteiger partial charge < -0.3 is 10.5 Å². The molecule has 34 heavy (non-hydrogen) atoms. The van der Waals surface area contributed by atoms with Crippen LogP contribution in [0.25, 0.3) is 23.2 Å². The summed E-state index contributed by atoms with van der Waals surface area (Å²) in [6.07, 6.45) is 3.63. The Morgan fingerprint density at radius 3 is 2.44 bits per heavy atom. The molecule has 0 bridgehead atoms. The molecular weight excluding hydrogens is 454 g/mol. The van der Waals surface area contributed by atoms with Gasteiger partial charge in [-0.05, 0) is 50.1 Å². The molecule has 0 unspecified atom stereocenters. The van der Waals surface area contributed by atoms with E-state index in [0.717, 1.165) is 16.7 Å². The van der Waals surface area contributed by atoms with Gasteiger partial charge in [0.25, 0.3) is 5.91 Å². The monoisotopic (exact) mass is 481 g/mol. The number of benzene rings is 2. The van der Waals surface area contributed by atoms with Gasteiger partial charge in [-0.2, -0.15) is 4.31 Å². The lowest BCUT2D eigenvalue weighted by Gasteiger charge is -2.19. The van der Waals surface area contributed by atoms with Crippen molar-refractivity contribution in [2.45, 2.75) is 25.2 Å². The average molecular weight is 482 g/mol. The van der Waals surface area contributed by atoms with E-state index in [1.807, 2.05) is 26.0 Å². The first-order chi connectivity index (χ1) is 16.2. The maximum Gasteiger partial charge on any atom is 0.250 e. The van der Waals surface area contributed by atoms with Crippen LogP contribution in [0.5, 0.6) is 0 Å². The molecule has 0 atom stereocenters. The Kier molecular flexibility index (Phi) is 6.92. The molecule has 0 radical (unpaired) electrons. The minimum Gasteiger partial charge on any atom is -0.380 e. The molecule has 10 heteroatoms. The summed E-state index contributed by atoms with van der Waals surface area (Å²) in [5, 5.41) is 4.44. The Hall–Kier alpha value is -3.34. The molecular formula is C24H27N5O4S. The van der Waals surface area contributed by atoms with Crippen LogP contribution >= 0.6 is 0 Å². The fourth-order valence-corrected chi connectivity index (χ4v) is 5.37. The van der Waals surface area contributed by atoms with Crippen LogP contribution in [0.2, 0.25) is 0 Å². The fraction of sp³-hybridized carbons (Fsp3) is 0.292. The molecule has 1 amide bonds. The molecule has 1 aliphatic rings. The highest BCUT2D eigenvalue weighted by Crippen LogP contribution is 2.23. The van der Waals surface area contributed by atoms with Gasteiger partial charge in [0.2, 0.25) is 10.0 Å². The van der Waals surface area contributed by atoms with Crippen LogP contribution in [0.1, 0.15) is 23.1 Å². The number of hydrogen-bond donors (Lipinski definition) is 1. The third kappa shape index (κ3) is 5.24. The van der Waals surface area contributed by atoms with Gasteiger partial charge >= 0.3 is 0 Å². The molecule has 1 fully saturated rings. The number of carbonyl (C=O) groups excluding carboxylic acids is 1. The predicted molar refractivity (Wildman–Crippen MR) is 129 cm³/mol. The van der Waals surface area contributed by atoms with E-state index in [4.69, 9.17) is 10.5 Å². The van der Waals surface area contributed by atoms with Gasteiger partial charge in [0.05, 0.1) is 17.1 Å². The van der Waals surface area contributed by atoms with E-state index in [0.29, 0.717) is 44.1 Å². The summed E-state index contributed by atoms with van der Waals surface area (Å²) in [6.45, 7) is 5.64. The Morgan fingerprint density at radius 1 is 1.06 bits per heavy atom. The first kappa shape index (κ1) is 23.8. The summed E-state index contributed by atoms with van der Waals surface area (Å²) in [5.74, 6) is -0.140. The van der Waals surface area contributed by atoms with Gasteiger partial charge in [0.15, 0.2) is 5.82 Å². The van der Waals surface area contributed by atoms with Crippen molar-refractivity contribution in [3.63, 3.8) is 0 Å². The number of nitrogens with zero attached hydrogens (tertiary/aromatic N) is 4. The fourth-order valence-electron chi connectivity index (χ4n) is 3.90. The second-order valence-corrected chi connectivity index (χ2v) is 10.2. The number of primary amides is 1. The van der Waals surface area contributed by atoms with E-state index in [9.17, 15) is 13.2 Å². The lowest BCUT2D eigenvalue weighted by molar-refractivity contribution is -0.112. The van der Waals surface area contributed by atoms with Gasteiger partial charge in [-0.1, -0.05) is 29.3 Å². The standard InChI is InChI=1S/C24H27N5O4S/c1-17-12-18(2)14-20(13-17)24-26-16-28(27-24)15-22(23(25)30)19-4-6-21(7-5-19)34(31,32)29-8-3-10-33-11-9-29/h4-7,12-16H,3,8-11H2,1-2H3,(H2,25,30)/b22-15+. The average Bonchev–Trinajstić information content (AvgIpc) is 3.08.